The van der Waals surface area contributed by atoms with Crippen LogP contribution in [0.5, 0.6) is 0 Å². The molecule has 104 valence electrons. The Balaban J connectivity index is 2.80. The van der Waals surface area contributed by atoms with E-state index >= 15 is 0 Å². The van der Waals surface area contributed by atoms with Gasteiger partial charge in [0.05, 0.1) is 12.2 Å². The van der Waals surface area contributed by atoms with Gasteiger partial charge >= 0.3 is 0 Å². The predicted molar refractivity (Wildman–Crippen MR) is 74.6 cm³/mol. The summed E-state index contributed by atoms with van der Waals surface area (Å²) in [7, 11) is 0. The number of fused-ring (bicyclic) bond motifs is 1. The fraction of sp³-hybridized carbons (Fsp3) is 0.562. The van der Waals surface area contributed by atoms with Crippen LogP contribution in [0, 0.1) is 6.92 Å². The molecule has 3 nitrogen and oxygen atoms in total. The lowest BCUT2D eigenvalue weighted by atomic mass is 9.59. The highest BCUT2D eigenvalue weighted by Crippen LogP contribution is 2.46. The Morgan fingerprint density at radius 2 is 1.42 bits per heavy atom. The number of aliphatic hydroxyl groups is 2. The lowest BCUT2D eigenvalue weighted by Gasteiger charge is -2.49. The largest absolute Gasteiger partial charge is 0.389 e. The van der Waals surface area contributed by atoms with Crippen molar-refractivity contribution in [1.82, 2.24) is 0 Å². The Labute approximate surface area is 114 Å². The molecule has 1 aliphatic rings. The van der Waals surface area contributed by atoms with Crippen LogP contribution in [0.2, 0.25) is 0 Å². The summed E-state index contributed by atoms with van der Waals surface area (Å²) in [5.74, 6) is 0. The van der Waals surface area contributed by atoms with Gasteiger partial charge in [-0.2, -0.15) is 0 Å². The molecule has 1 aromatic carbocycles. The Morgan fingerprint density at radius 1 is 1.00 bits per heavy atom. The second-order valence-electron chi connectivity index (χ2n) is 6.71. The number of carbonyl (C=O) groups excluding carboxylic acids is 1. The second-order valence-corrected chi connectivity index (χ2v) is 6.71. The molecule has 0 spiro atoms. The molecule has 3 heteroatoms. The van der Waals surface area contributed by atoms with Crippen molar-refractivity contribution in [3.05, 3.63) is 34.4 Å². The molecule has 0 aromatic heterocycles. The van der Waals surface area contributed by atoms with Crippen LogP contribution in [-0.4, -0.2) is 28.7 Å². The number of aliphatic hydroxyl groups excluding tert-OH is 2. The van der Waals surface area contributed by atoms with Crippen LogP contribution in [-0.2, 0) is 10.8 Å². The lowest BCUT2D eigenvalue weighted by Crippen LogP contribution is -2.56. The molecule has 0 heterocycles. The molecular weight excluding hydrogens is 240 g/mol. The summed E-state index contributed by atoms with van der Waals surface area (Å²) >= 11 is 0. The highest BCUT2D eigenvalue weighted by Gasteiger charge is 2.50. The summed E-state index contributed by atoms with van der Waals surface area (Å²) in [6.45, 7) is 9.55. The molecule has 2 atom stereocenters. The van der Waals surface area contributed by atoms with Crippen LogP contribution in [0.15, 0.2) is 12.1 Å². The van der Waals surface area contributed by atoms with Gasteiger partial charge in [-0.05, 0) is 29.7 Å². The summed E-state index contributed by atoms with van der Waals surface area (Å²) in [5.41, 5.74) is 2.40. The highest BCUT2D eigenvalue weighted by molar-refractivity contribution is 5.78. The molecule has 0 bridgehead atoms. The predicted octanol–water partition coefficient (Wildman–Crippen LogP) is 2.10. The van der Waals surface area contributed by atoms with Gasteiger partial charge in [-0.15, -0.1) is 0 Å². The first-order valence-corrected chi connectivity index (χ1v) is 6.61. The average molecular weight is 262 g/mol. The third kappa shape index (κ3) is 1.84. The van der Waals surface area contributed by atoms with E-state index in [0.717, 1.165) is 23.0 Å². The van der Waals surface area contributed by atoms with Crippen molar-refractivity contribution in [3.8, 4) is 0 Å². The molecule has 0 saturated heterocycles. The Bertz CT molecular complexity index is 529. The maximum atomic E-state index is 11.1. The number of hydrogen-bond acceptors (Lipinski definition) is 3. The van der Waals surface area contributed by atoms with Crippen molar-refractivity contribution < 1.29 is 15.0 Å². The summed E-state index contributed by atoms with van der Waals surface area (Å²) in [4.78, 5) is 11.1. The van der Waals surface area contributed by atoms with Gasteiger partial charge in [0, 0.05) is 16.4 Å². The summed E-state index contributed by atoms with van der Waals surface area (Å²) < 4.78 is 0. The maximum absolute atomic E-state index is 11.1. The third-order valence-electron chi connectivity index (χ3n) is 4.70. The van der Waals surface area contributed by atoms with Crippen LogP contribution in [0.25, 0.3) is 0 Å². The zero-order valence-electron chi connectivity index (χ0n) is 12.2. The SMILES string of the molecule is Cc1cc2c(cc1C=O)C(C)(C)[C@H](O)[C@H](O)C2(C)C. The number of rotatable bonds is 1. The van der Waals surface area contributed by atoms with Crippen molar-refractivity contribution in [2.24, 2.45) is 0 Å². The van der Waals surface area contributed by atoms with E-state index in [1.54, 1.807) is 0 Å². The summed E-state index contributed by atoms with van der Waals surface area (Å²) in [5, 5.41) is 20.8. The quantitative estimate of drug-likeness (QED) is 0.762. The van der Waals surface area contributed by atoms with Crippen molar-refractivity contribution in [2.45, 2.75) is 57.7 Å². The molecule has 0 unspecified atom stereocenters. The van der Waals surface area contributed by atoms with Crippen LogP contribution < -0.4 is 0 Å². The first-order chi connectivity index (χ1) is 8.64. The number of aldehydes is 1. The zero-order valence-corrected chi connectivity index (χ0v) is 12.2. The van der Waals surface area contributed by atoms with Crippen molar-refractivity contribution in [3.63, 3.8) is 0 Å². The Kier molecular flexibility index (Phi) is 3.11. The van der Waals surface area contributed by atoms with Crippen LogP contribution in [0.3, 0.4) is 0 Å². The summed E-state index contributed by atoms with van der Waals surface area (Å²) in [6, 6.07) is 3.82. The van der Waals surface area contributed by atoms with E-state index in [1.807, 2.05) is 46.8 Å². The van der Waals surface area contributed by atoms with Gasteiger partial charge < -0.3 is 10.2 Å². The number of carbonyl (C=O) groups is 1. The van der Waals surface area contributed by atoms with E-state index in [4.69, 9.17) is 0 Å². The molecule has 0 radical (unpaired) electrons. The molecule has 2 N–H and O–H groups in total. The normalized spacial score (nSPS) is 27.7. The van der Waals surface area contributed by atoms with Crippen molar-refractivity contribution in [2.75, 3.05) is 0 Å². The van der Waals surface area contributed by atoms with Crippen LogP contribution in [0.1, 0.15) is 54.7 Å². The zero-order chi connectivity index (χ0) is 14.6. The fourth-order valence-corrected chi connectivity index (χ4v) is 3.03. The number of hydrogen-bond donors (Lipinski definition) is 2. The van der Waals surface area contributed by atoms with Crippen molar-refractivity contribution >= 4 is 6.29 Å². The highest BCUT2D eigenvalue weighted by atomic mass is 16.3. The van der Waals surface area contributed by atoms with E-state index < -0.39 is 23.0 Å². The van der Waals surface area contributed by atoms with Gasteiger partial charge in [-0.3, -0.25) is 4.79 Å². The van der Waals surface area contributed by atoms with Gasteiger partial charge in [-0.1, -0.05) is 33.8 Å². The molecule has 1 aliphatic carbocycles. The van der Waals surface area contributed by atoms with E-state index in [2.05, 4.69) is 0 Å². The Morgan fingerprint density at radius 3 is 1.84 bits per heavy atom. The van der Waals surface area contributed by atoms with E-state index in [1.165, 1.54) is 0 Å². The maximum Gasteiger partial charge on any atom is 0.150 e. The minimum Gasteiger partial charge on any atom is -0.389 e. The average Bonchev–Trinajstić information content (AvgIpc) is 2.34. The fourth-order valence-electron chi connectivity index (χ4n) is 3.03. The number of aryl methyl sites for hydroxylation is 1. The minimum atomic E-state index is -0.850. The van der Waals surface area contributed by atoms with Gasteiger partial charge in [0.2, 0.25) is 0 Å². The van der Waals surface area contributed by atoms with Gasteiger partial charge in [-0.25, -0.2) is 0 Å². The number of benzene rings is 1. The van der Waals surface area contributed by atoms with Crippen LogP contribution in [0.4, 0.5) is 0 Å². The summed E-state index contributed by atoms with van der Waals surface area (Å²) in [6.07, 6.45) is -0.829. The second kappa shape index (κ2) is 4.15. The van der Waals surface area contributed by atoms with Crippen LogP contribution >= 0.6 is 0 Å². The molecular formula is C16H22O3. The first kappa shape index (κ1) is 14.2. The third-order valence-corrected chi connectivity index (χ3v) is 4.70. The monoisotopic (exact) mass is 262 g/mol. The molecule has 2 rings (SSSR count). The minimum absolute atomic E-state index is 0.531. The van der Waals surface area contributed by atoms with Gasteiger partial charge in [0.15, 0.2) is 0 Å². The molecule has 0 aliphatic heterocycles. The van der Waals surface area contributed by atoms with Gasteiger partial charge in [0.25, 0.3) is 0 Å². The van der Waals surface area contributed by atoms with Gasteiger partial charge in [0.1, 0.15) is 6.29 Å². The molecule has 19 heavy (non-hydrogen) atoms. The standard InChI is InChI=1S/C16H22O3/c1-9-6-11-12(7-10(9)8-17)16(4,5)14(19)13(18)15(11,2)3/h6-8,13-14,18-19H,1-5H3/t13-,14+/m0/s1. The van der Waals surface area contributed by atoms with E-state index in [-0.39, 0.29) is 0 Å². The lowest BCUT2D eigenvalue weighted by molar-refractivity contribution is -0.0673. The smallest absolute Gasteiger partial charge is 0.150 e. The van der Waals surface area contributed by atoms with E-state index in [0.29, 0.717) is 5.56 Å². The first-order valence-electron chi connectivity index (χ1n) is 6.61. The topological polar surface area (TPSA) is 57.5 Å². The molecule has 1 aromatic rings. The Hall–Kier alpha value is -1.19. The van der Waals surface area contributed by atoms with Crippen molar-refractivity contribution in [1.29, 1.82) is 0 Å². The molecule has 0 fully saturated rings. The molecule has 0 saturated carbocycles. The molecule has 0 amide bonds. The van der Waals surface area contributed by atoms with E-state index in [9.17, 15) is 15.0 Å².